The Morgan fingerprint density at radius 1 is 1.40 bits per heavy atom. The van der Waals surface area contributed by atoms with Crippen LogP contribution in [0.4, 0.5) is 0 Å². The number of piperidine rings is 1. The minimum absolute atomic E-state index is 0.158. The third-order valence-electron chi connectivity index (χ3n) is 3.21. The van der Waals surface area contributed by atoms with Gasteiger partial charge in [0.05, 0.1) is 12.4 Å². The van der Waals surface area contributed by atoms with Crippen molar-refractivity contribution in [2.45, 2.75) is 25.5 Å². The van der Waals surface area contributed by atoms with E-state index in [2.05, 4.69) is 5.32 Å². The van der Waals surface area contributed by atoms with E-state index in [0.29, 0.717) is 13.2 Å². The van der Waals surface area contributed by atoms with E-state index in [1.165, 1.54) is 0 Å². The summed E-state index contributed by atoms with van der Waals surface area (Å²) < 4.78 is 31.1. The van der Waals surface area contributed by atoms with Crippen molar-refractivity contribution in [3.8, 4) is 0 Å². The predicted molar refractivity (Wildman–Crippen MR) is 57.0 cm³/mol. The molecule has 6 heteroatoms. The maximum Gasteiger partial charge on any atom is 0.216 e. The van der Waals surface area contributed by atoms with Crippen molar-refractivity contribution >= 4 is 10.0 Å². The summed E-state index contributed by atoms with van der Waals surface area (Å²) in [5.74, 6) is 0.158. The van der Waals surface area contributed by atoms with E-state index in [1.54, 1.807) is 11.2 Å². The first kappa shape index (κ1) is 11.3. The lowest BCUT2D eigenvalue weighted by Crippen LogP contribution is -2.54. The summed E-state index contributed by atoms with van der Waals surface area (Å²) in [6.07, 6.45) is 1.51. The Kier molecular flexibility index (Phi) is 3.03. The fourth-order valence-electron chi connectivity index (χ4n) is 2.35. The van der Waals surface area contributed by atoms with Gasteiger partial charge in [0, 0.05) is 19.4 Å². The van der Waals surface area contributed by atoms with Crippen LogP contribution in [-0.2, 0) is 14.8 Å². The van der Waals surface area contributed by atoms with Crippen LogP contribution < -0.4 is 5.32 Å². The highest BCUT2D eigenvalue weighted by Crippen LogP contribution is 2.34. The third kappa shape index (κ3) is 1.91. The number of nitrogens with zero attached hydrogens (tertiary/aromatic N) is 1. The fourth-order valence-corrected chi connectivity index (χ4v) is 3.76. The number of sulfonamides is 1. The van der Waals surface area contributed by atoms with Gasteiger partial charge in [-0.1, -0.05) is 0 Å². The third-order valence-corrected chi connectivity index (χ3v) is 5.12. The highest BCUT2D eigenvalue weighted by Gasteiger charge is 2.48. The number of hydrogen-bond donors (Lipinski definition) is 1. The quantitative estimate of drug-likeness (QED) is 0.715. The zero-order chi connectivity index (χ0) is 10.9. The van der Waals surface area contributed by atoms with E-state index >= 15 is 0 Å². The Labute approximate surface area is 90.8 Å². The molecule has 0 aromatic heterocycles. The lowest BCUT2D eigenvalue weighted by atomic mass is 10.0. The maximum atomic E-state index is 11.9. The first-order valence-electron chi connectivity index (χ1n) is 5.46. The molecular weight excluding hydrogens is 216 g/mol. The predicted octanol–water partition coefficient (Wildman–Crippen LogP) is -0.252. The van der Waals surface area contributed by atoms with E-state index in [0.717, 1.165) is 25.9 Å². The molecule has 0 saturated carbocycles. The summed E-state index contributed by atoms with van der Waals surface area (Å²) in [6.45, 7) is 4.38. The molecular formula is C9H18N2O3S. The molecule has 0 unspecified atom stereocenters. The van der Waals surface area contributed by atoms with Crippen LogP contribution in [0.5, 0.6) is 0 Å². The highest BCUT2D eigenvalue weighted by atomic mass is 32.2. The largest absolute Gasteiger partial charge is 0.358 e. The molecule has 2 heterocycles. The van der Waals surface area contributed by atoms with Crippen LogP contribution in [0.3, 0.4) is 0 Å². The second-order valence-electron chi connectivity index (χ2n) is 4.02. The summed E-state index contributed by atoms with van der Waals surface area (Å²) in [7, 11) is -3.13. The van der Waals surface area contributed by atoms with E-state index in [1.807, 2.05) is 0 Å². The summed E-state index contributed by atoms with van der Waals surface area (Å²) in [6, 6.07) is 0. The molecule has 0 amide bonds. The standard InChI is InChI=1S/C9H18N2O3S/c1-2-15(12,13)11-7-8-14-9(11)3-5-10-6-4-9/h10H,2-8H2,1H3. The van der Waals surface area contributed by atoms with Gasteiger partial charge in [0.1, 0.15) is 5.72 Å². The molecule has 0 aromatic carbocycles. The molecule has 2 aliphatic rings. The van der Waals surface area contributed by atoms with Gasteiger partial charge >= 0.3 is 0 Å². The van der Waals surface area contributed by atoms with Crippen molar-refractivity contribution in [2.24, 2.45) is 0 Å². The SMILES string of the molecule is CCS(=O)(=O)N1CCOC12CCNCC2. The first-order chi connectivity index (χ1) is 7.11. The van der Waals surface area contributed by atoms with Crippen molar-refractivity contribution in [3.05, 3.63) is 0 Å². The molecule has 1 spiro atoms. The smallest absolute Gasteiger partial charge is 0.216 e. The van der Waals surface area contributed by atoms with Gasteiger partial charge in [-0.15, -0.1) is 0 Å². The average Bonchev–Trinajstić information content (AvgIpc) is 2.63. The van der Waals surface area contributed by atoms with E-state index in [9.17, 15) is 8.42 Å². The van der Waals surface area contributed by atoms with Gasteiger partial charge in [-0.25, -0.2) is 8.42 Å². The van der Waals surface area contributed by atoms with Gasteiger partial charge in [-0.3, -0.25) is 0 Å². The van der Waals surface area contributed by atoms with Crippen LogP contribution >= 0.6 is 0 Å². The maximum absolute atomic E-state index is 11.9. The molecule has 2 saturated heterocycles. The molecule has 15 heavy (non-hydrogen) atoms. The van der Waals surface area contributed by atoms with Crippen LogP contribution in [0.25, 0.3) is 0 Å². The van der Waals surface area contributed by atoms with Crippen molar-refractivity contribution in [1.82, 2.24) is 9.62 Å². The summed E-state index contributed by atoms with van der Waals surface area (Å²) in [5.41, 5.74) is -0.542. The Bertz CT molecular complexity index is 322. The molecule has 0 atom stereocenters. The van der Waals surface area contributed by atoms with Gasteiger partial charge in [0.15, 0.2) is 0 Å². The lowest BCUT2D eigenvalue weighted by Gasteiger charge is -2.39. The van der Waals surface area contributed by atoms with E-state index < -0.39 is 15.7 Å². The summed E-state index contributed by atoms with van der Waals surface area (Å²) in [5, 5.41) is 3.22. The van der Waals surface area contributed by atoms with Crippen molar-refractivity contribution in [1.29, 1.82) is 0 Å². The Morgan fingerprint density at radius 2 is 2.07 bits per heavy atom. The zero-order valence-electron chi connectivity index (χ0n) is 9.03. The Hall–Kier alpha value is -0.170. The molecule has 88 valence electrons. The first-order valence-corrected chi connectivity index (χ1v) is 7.07. The average molecular weight is 234 g/mol. The topological polar surface area (TPSA) is 58.6 Å². The molecule has 0 aliphatic carbocycles. The number of ether oxygens (including phenoxy) is 1. The lowest BCUT2D eigenvalue weighted by molar-refractivity contribution is -0.0704. The van der Waals surface area contributed by atoms with Crippen LogP contribution in [0, 0.1) is 0 Å². The molecule has 2 rings (SSSR count). The Morgan fingerprint density at radius 3 is 2.67 bits per heavy atom. The minimum Gasteiger partial charge on any atom is -0.358 e. The molecule has 0 aromatic rings. The van der Waals surface area contributed by atoms with Crippen molar-refractivity contribution in [2.75, 3.05) is 32.0 Å². The van der Waals surface area contributed by atoms with Gasteiger partial charge in [0.2, 0.25) is 10.0 Å². The fraction of sp³-hybridized carbons (Fsp3) is 1.00. The molecule has 2 aliphatic heterocycles. The second-order valence-corrected chi connectivity index (χ2v) is 6.20. The van der Waals surface area contributed by atoms with Crippen molar-refractivity contribution < 1.29 is 13.2 Å². The molecule has 0 radical (unpaired) electrons. The molecule has 5 nitrogen and oxygen atoms in total. The number of nitrogens with one attached hydrogen (secondary N) is 1. The summed E-state index contributed by atoms with van der Waals surface area (Å²) >= 11 is 0. The molecule has 1 N–H and O–H groups in total. The van der Waals surface area contributed by atoms with Crippen LogP contribution in [0.15, 0.2) is 0 Å². The second kappa shape index (κ2) is 4.01. The number of rotatable bonds is 2. The minimum atomic E-state index is -3.13. The zero-order valence-corrected chi connectivity index (χ0v) is 9.85. The van der Waals surface area contributed by atoms with Gasteiger partial charge in [-0.05, 0) is 20.0 Å². The van der Waals surface area contributed by atoms with Gasteiger partial charge in [0.25, 0.3) is 0 Å². The molecule has 0 bridgehead atoms. The Balaban J connectivity index is 2.24. The monoisotopic (exact) mass is 234 g/mol. The van der Waals surface area contributed by atoms with Gasteiger partial charge < -0.3 is 10.1 Å². The van der Waals surface area contributed by atoms with E-state index in [4.69, 9.17) is 4.74 Å². The van der Waals surface area contributed by atoms with Crippen LogP contribution in [-0.4, -0.2) is 50.4 Å². The normalized spacial score (nSPS) is 27.3. The number of hydrogen-bond acceptors (Lipinski definition) is 4. The van der Waals surface area contributed by atoms with Gasteiger partial charge in [-0.2, -0.15) is 4.31 Å². The summed E-state index contributed by atoms with van der Waals surface area (Å²) in [4.78, 5) is 0. The van der Waals surface area contributed by atoms with Crippen LogP contribution in [0.2, 0.25) is 0 Å². The molecule has 2 fully saturated rings. The van der Waals surface area contributed by atoms with Crippen molar-refractivity contribution in [3.63, 3.8) is 0 Å². The van der Waals surface area contributed by atoms with Crippen LogP contribution in [0.1, 0.15) is 19.8 Å². The highest BCUT2D eigenvalue weighted by molar-refractivity contribution is 7.89. The van der Waals surface area contributed by atoms with E-state index in [-0.39, 0.29) is 5.75 Å².